The Balaban J connectivity index is 1.84. The molecule has 1 heterocycles. The number of hydrogen-bond donors (Lipinski definition) is 2. The van der Waals surface area contributed by atoms with E-state index in [0.29, 0.717) is 15.6 Å². The molecule has 2 N–H and O–H groups in total. The maximum atomic E-state index is 14.8. The number of fused-ring (bicyclic) bond motifs is 1. The summed E-state index contributed by atoms with van der Waals surface area (Å²) in [5.41, 5.74) is 2.13. The van der Waals surface area contributed by atoms with Crippen LogP contribution in [0.15, 0.2) is 54.6 Å². The number of benzene rings is 3. The molecule has 5 nitrogen and oxygen atoms in total. The fourth-order valence-corrected chi connectivity index (χ4v) is 4.66. The topological polar surface area (TPSA) is 83.8 Å². The molecule has 4 rings (SSSR count). The predicted octanol–water partition coefficient (Wildman–Crippen LogP) is 6.62. The molecule has 0 aliphatic rings. The molecular weight excluding hydrogens is 462 g/mol. The monoisotopic (exact) mass is 480 g/mol. The van der Waals surface area contributed by atoms with Crippen molar-refractivity contribution >= 4 is 39.3 Å². The van der Waals surface area contributed by atoms with E-state index in [-0.39, 0.29) is 27.7 Å². The first kappa shape index (κ1) is 23.1. The highest BCUT2D eigenvalue weighted by molar-refractivity contribution is 7.21. The molecule has 0 saturated carbocycles. The molecule has 0 spiro atoms. The van der Waals surface area contributed by atoms with Gasteiger partial charge in [-0.05, 0) is 61.4 Å². The minimum atomic E-state index is -1.26. The van der Waals surface area contributed by atoms with E-state index in [1.165, 1.54) is 18.2 Å². The number of halogens is 2. The number of hydrogen-bond acceptors (Lipinski definition) is 5. The number of carbonyl (C=O) groups is 2. The molecule has 0 amide bonds. The van der Waals surface area contributed by atoms with E-state index in [2.05, 4.69) is 0 Å². The second-order valence-corrected chi connectivity index (χ2v) is 8.73. The maximum Gasteiger partial charge on any atom is 0.328 e. The highest BCUT2D eigenvalue weighted by Gasteiger charge is 2.25. The highest BCUT2D eigenvalue weighted by atomic mass is 32.1. The summed E-state index contributed by atoms with van der Waals surface area (Å²) in [6, 6.07) is 11.5. The average Bonchev–Trinajstić information content (AvgIpc) is 3.11. The van der Waals surface area contributed by atoms with Crippen molar-refractivity contribution in [2.75, 3.05) is 0 Å². The van der Waals surface area contributed by atoms with E-state index in [1.807, 2.05) is 13.0 Å². The second-order valence-electron chi connectivity index (χ2n) is 7.68. The Morgan fingerprint density at radius 1 is 0.971 bits per heavy atom. The number of aliphatic carboxylic acids is 1. The van der Waals surface area contributed by atoms with E-state index in [1.54, 1.807) is 19.1 Å². The van der Waals surface area contributed by atoms with Crippen LogP contribution in [0.3, 0.4) is 0 Å². The van der Waals surface area contributed by atoms with Gasteiger partial charge in [0.05, 0.1) is 0 Å². The number of rotatable bonds is 6. The van der Waals surface area contributed by atoms with Gasteiger partial charge >= 0.3 is 5.97 Å². The Morgan fingerprint density at radius 2 is 1.68 bits per heavy atom. The minimum absolute atomic E-state index is 0.00331. The predicted molar refractivity (Wildman–Crippen MR) is 126 cm³/mol. The van der Waals surface area contributed by atoms with Crippen molar-refractivity contribution in [3.05, 3.63) is 93.4 Å². The smallest absolute Gasteiger partial charge is 0.328 e. The van der Waals surface area contributed by atoms with E-state index < -0.39 is 23.4 Å². The number of thiophene rings is 1. The summed E-state index contributed by atoms with van der Waals surface area (Å²) in [6.45, 7) is 3.70. The van der Waals surface area contributed by atoms with Crippen molar-refractivity contribution in [3.63, 3.8) is 0 Å². The fraction of sp³-hybridized carbons (Fsp3) is 0.0769. The van der Waals surface area contributed by atoms with E-state index in [9.17, 15) is 23.5 Å². The van der Waals surface area contributed by atoms with Crippen molar-refractivity contribution in [2.24, 2.45) is 0 Å². The molecule has 34 heavy (non-hydrogen) atoms. The van der Waals surface area contributed by atoms with Crippen LogP contribution in [-0.4, -0.2) is 22.0 Å². The van der Waals surface area contributed by atoms with Crippen molar-refractivity contribution in [2.45, 2.75) is 13.8 Å². The molecule has 0 aliphatic heterocycles. The molecule has 0 unspecified atom stereocenters. The molecular formula is C26H18F2O5S. The summed E-state index contributed by atoms with van der Waals surface area (Å²) in [5, 5.41) is 19.0. The number of phenols is 1. The van der Waals surface area contributed by atoms with Crippen LogP contribution in [0.4, 0.5) is 8.78 Å². The molecule has 3 aromatic carbocycles. The lowest BCUT2D eigenvalue weighted by Crippen LogP contribution is -2.04. The van der Waals surface area contributed by atoms with Gasteiger partial charge in [-0.1, -0.05) is 23.8 Å². The number of carboxylic acid groups (broad SMARTS) is 1. The van der Waals surface area contributed by atoms with Crippen LogP contribution in [0.2, 0.25) is 0 Å². The van der Waals surface area contributed by atoms with Crippen LogP contribution in [0.1, 0.15) is 31.9 Å². The van der Waals surface area contributed by atoms with Gasteiger partial charge in [0, 0.05) is 21.7 Å². The van der Waals surface area contributed by atoms with Crippen molar-refractivity contribution in [1.82, 2.24) is 0 Å². The molecule has 0 bridgehead atoms. The van der Waals surface area contributed by atoms with Crippen LogP contribution >= 0.6 is 11.3 Å². The lowest BCUT2D eigenvalue weighted by molar-refractivity contribution is -0.131. The van der Waals surface area contributed by atoms with Crippen LogP contribution < -0.4 is 4.74 Å². The van der Waals surface area contributed by atoms with Gasteiger partial charge in [0.25, 0.3) is 0 Å². The van der Waals surface area contributed by atoms with Gasteiger partial charge in [-0.2, -0.15) is 0 Å². The summed E-state index contributed by atoms with van der Waals surface area (Å²) in [7, 11) is 0. The molecule has 8 heteroatoms. The van der Waals surface area contributed by atoms with Crippen molar-refractivity contribution in [1.29, 1.82) is 0 Å². The summed E-state index contributed by atoms with van der Waals surface area (Å²) in [6.07, 6.45) is 1.81. The highest BCUT2D eigenvalue weighted by Crippen LogP contribution is 2.44. The lowest BCUT2D eigenvalue weighted by atomic mass is 10.0. The molecule has 4 aromatic rings. The Morgan fingerprint density at radius 3 is 2.32 bits per heavy atom. The zero-order valence-corrected chi connectivity index (χ0v) is 18.9. The van der Waals surface area contributed by atoms with Gasteiger partial charge in [-0.25, -0.2) is 13.6 Å². The van der Waals surface area contributed by atoms with Crippen LogP contribution in [0.25, 0.3) is 16.2 Å². The second kappa shape index (κ2) is 9.07. The van der Waals surface area contributed by atoms with Crippen molar-refractivity contribution in [3.8, 4) is 17.2 Å². The minimum Gasteiger partial charge on any atom is -0.508 e. The summed E-state index contributed by atoms with van der Waals surface area (Å²) in [5.74, 6) is -4.55. The molecule has 172 valence electrons. The largest absolute Gasteiger partial charge is 0.508 e. The maximum absolute atomic E-state index is 14.8. The third-order valence-electron chi connectivity index (χ3n) is 5.10. The Hall–Kier alpha value is -4.04. The Kier molecular flexibility index (Phi) is 6.17. The summed E-state index contributed by atoms with van der Waals surface area (Å²) < 4.78 is 35.7. The van der Waals surface area contributed by atoms with Crippen LogP contribution in [0, 0.1) is 25.5 Å². The molecule has 0 aliphatic carbocycles. The van der Waals surface area contributed by atoms with E-state index >= 15 is 0 Å². The lowest BCUT2D eigenvalue weighted by Gasteiger charge is -2.11. The fourth-order valence-electron chi connectivity index (χ4n) is 3.55. The number of aryl methyl sites for hydroxylation is 2. The van der Waals surface area contributed by atoms with E-state index in [4.69, 9.17) is 9.84 Å². The molecule has 1 aromatic heterocycles. The standard InChI is InChI=1S/C26H18F2O5S/c1-13-3-6-17(14(2)9-13)23(32)26-24(18-7-5-16(29)12-21(18)34-26)33-25-19(27)10-15(11-20(25)28)4-8-22(30)31/h3-12,29H,1-2H3,(H,30,31)/b8-4+. The SMILES string of the molecule is Cc1ccc(C(=O)c2sc3cc(O)ccc3c2Oc2c(F)cc(/C=C/C(=O)O)cc2F)c(C)c1. The summed E-state index contributed by atoms with van der Waals surface area (Å²) >= 11 is 1.04. The van der Waals surface area contributed by atoms with Gasteiger partial charge in [0.2, 0.25) is 5.78 Å². The number of carbonyl (C=O) groups excluding carboxylic acids is 1. The first-order valence-corrected chi connectivity index (χ1v) is 10.9. The van der Waals surface area contributed by atoms with Gasteiger partial charge in [-0.15, -0.1) is 11.3 Å². The number of ketones is 1. The first-order valence-electron chi connectivity index (χ1n) is 10.1. The molecule has 0 saturated heterocycles. The van der Waals surface area contributed by atoms with Gasteiger partial charge in [0.15, 0.2) is 23.1 Å². The zero-order valence-electron chi connectivity index (χ0n) is 18.1. The normalized spacial score (nSPS) is 11.3. The number of carboxylic acids is 1. The zero-order chi connectivity index (χ0) is 24.6. The number of aromatic hydroxyl groups is 1. The summed E-state index contributed by atoms with van der Waals surface area (Å²) in [4.78, 5) is 24.2. The number of phenolic OH excluding ortho intramolecular Hbond substituents is 1. The third kappa shape index (κ3) is 4.53. The van der Waals surface area contributed by atoms with Crippen LogP contribution in [0.5, 0.6) is 17.2 Å². The quantitative estimate of drug-likeness (QED) is 0.239. The third-order valence-corrected chi connectivity index (χ3v) is 6.24. The number of ether oxygens (including phenoxy) is 1. The Bertz CT molecular complexity index is 1460. The van der Waals surface area contributed by atoms with E-state index in [0.717, 1.165) is 46.7 Å². The van der Waals surface area contributed by atoms with Gasteiger partial charge in [0.1, 0.15) is 10.6 Å². The van der Waals surface area contributed by atoms with Gasteiger partial charge in [-0.3, -0.25) is 4.79 Å². The molecule has 0 fully saturated rings. The molecule has 0 radical (unpaired) electrons. The van der Waals surface area contributed by atoms with Gasteiger partial charge < -0.3 is 14.9 Å². The average molecular weight is 480 g/mol. The van der Waals surface area contributed by atoms with Crippen LogP contribution in [-0.2, 0) is 4.79 Å². The first-order chi connectivity index (χ1) is 16.1. The molecule has 0 atom stereocenters. The Labute approximate surface area is 197 Å². The van der Waals surface area contributed by atoms with Crippen molar-refractivity contribution < 1.29 is 33.3 Å².